The fraction of sp³-hybridized carbons (Fsp3) is 0.571. The molecule has 0 heterocycles. The molecule has 0 aromatic heterocycles. The highest BCUT2D eigenvalue weighted by Crippen LogP contribution is 1.90. The van der Waals surface area contributed by atoms with Crippen molar-refractivity contribution in [3.05, 3.63) is 12.7 Å². The lowest BCUT2D eigenvalue weighted by atomic mass is 10.4. The first-order valence-electron chi connectivity index (χ1n) is 3.01. The van der Waals surface area contributed by atoms with Gasteiger partial charge in [-0.05, 0) is 6.92 Å². The molecule has 0 spiro atoms. The smallest absolute Gasteiger partial charge is 0.331 e. The first-order chi connectivity index (χ1) is 4.70. The van der Waals surface area contributed by atoms with E-state index < -0.39 is 0 Å². The quantitative estimate of drug-likeness (QED) is 0.431. The molecule has 0 amide bonds. The number of methoxy groups -OCH3 is 1. The summed E-state index contributed by atoms with van der Waals surface area (Å²) in [5.41, 5.74) is 0. The van der Waals surface area contributed by atoms with Crippen molar-refractivity contribution in [2.45, 2.75) is 13.0 Å². The molecular weight excluding hydrogens is 132 g/mol. The third kappa shape index (κ3) is 4.09. The summed E-state index contributed by atoms with van der Waals surface area (Å²) in [6.07, 6.45) is 1.52. The summed E-state index contributed by atoms with van der Waals surface area (Å²) < 4.78 is 9.30. The second-order valence-electron chi connectivity index (χ2n) is 1.83. The molecule has 0 saturated heterocycles. The molecule has 0 radical (unpaired) electrons. The highest BCUT2D eigenvalue weighted by molar-refractivity contribution is 5.70. The first kappa shape index (κ1) is 9.17. The summed E-state index contributed by atoms with van der Waals surface area (Å²) in [6, 6.07) is 0. The van der Waals surface area contributed by atoms with Crippen molar-refractivity contribution >= 4 is 5.97 Å². The number of carbonyl (C=O) groups excluding carboxylic acids is 1. The third-order valence-electron chi connectivity index (χ3n) is 1.02. The Hall–Kier alpha value is -0.830. The van der Waals surface area contributed by atoms with Gasteiger partial charge >= 0.3 is 5.97 Å². The molecule has 1 unspecified atom stereocenters. The molecule has 0 aliphatic rings. The average Bonchev–Trinajstić information content (AvgIpc) is 1.99. The molecule has 0 bridgehead atoms. The van der Waals surface area contributed by atoms with Gasteiger partial charge < -0.3 is 9.47 Å². The van der Waals surface area contributed by atoms with Crippen LogP contribution in [0, 0.1) is 0 Å². The SMILES string of the molecule is C=CC(C)OCC(=O)OC. The maximum atomic E-state index is 10.5. The van der Waals surface area contributed by atoms with Crippen LogP contribution in [-0.2, 0) is 14.3 Å². The first-order valence-corrected chi connectivity index (χ1v) is 3.01. The molecule has 0 fully saturated rings. The van der Waals surface area contributed by atoms with Crippen LogP contribution in [0.2, 0.25) is 0 Å². The molecular formula is C7H12O3. The van der Waals surface area contributed by atoms with Crippen molar-refractivity contribution in [2.24, 2.45) is 0 Å². The fourth-order valence-corrected chi connectivity index (χ4v) is 0.326. The number of esters is 1. The summed E-state index contributed by atoms with van der Waals surface area (Å²) >= 11 is 0. The van der Waals surface area contributed by atoms with E-state index in [1.165, 1.54) is 7.11 Å². The molecule has 58 valence electrons. The number of hydrogen-bond acceptors (Lipinski definition) is 3. The van der Waals surface area contributed by atoms with Crippen LogP contribution in [0.3, 0.4) is 0 Å². The molecule has 3 heteroatoms. The van der Waals surface area contributed by atoms with E-state index in [0.29, 0.717) is 0 Å². The highest BCUT2D eigenvalue weighted by Gasteiger charge is 2.01. The van der Waals surface area contributed by atoms with Gasteiger partial charge in [0, 0.05) is 0 Å². The Labute approximate surface area is 60.6 Å². The van der Waals surface area contributed by atoms with Crippen molar-refractivity contribution in [3.8, 4) is 0 Å². The lowest BCUT2D eigenvalue weighted by Gasteiger charge is -2.05. The lowest BCUT2D eigenvalue weighted by molar-refractivity contribution is -0.146. The van der Waals surface area contributed by atoms with E-state index in [2.05, 4.69) is 11.3 Å². The number of ether oxygens (including phenoxy) is 2. The van der Waals surface area contributed by atoms with Gasteiger partial charge in [0.2, 0.25) is 0 Å². The molecule has 0 aliphatic heterocycles. The molecule has 0 rings (SSSR count). The highest BCUT2D eigenvalue weighted by atomic mass is 16.6. The fourth-order valence-electron chi connectivity index (χ4n) is 0.326. The summed E-state index contributed by atoms with van der Waals surface area (Å²) in [5, 5.41) is 0. The second-order valence-corrected chi connectivity index (χ2v) is 1.83. The predicted molar refractivity (Wildman–Crippen MR) is 37.6 cm³/mol. The van der Waals surface area contributed by atoms with Gasteiger partial charge in [-0.2, -0.15) is 0 Å². The van der Waals surface area contributed by atoms with Gasteiger partial charge in [-0.15, -0.1) is 6.58 Å². The van der Waals surface area contributed by atoms with Crippen molar-refractivity contribution in [1.82, 2.24) is 0 Å². The third-order valence-corrected chi connectivity index (χ3v) is 1.02. The van der Waals surface area contributed by atoms with E-state index in [1.807, 2.05) is 0 Å². The minimum absolute atomic E-state index is 0.0102. The number of carbonyl (C=O) groups is 1. The predicted octanol–water partition coefficient (Wildman–Crippen LogP) is 0.750. The van der Waals surface area contributed by atoms with Crippen LogP contribution in [0.25, 0.3) is 0 Å². The molecule has 1 atom stereocenters. The molecule has 0 saturated carbocycles. The minimum Gasteiger partial charge on any atom is -0.467 e. The maximum absolute atomic E-state index is 10.5. The number of hydrogen-bond donors (Lipinski definition) is 0. The van der Waals surface area contributed by atoms with E-state index in [-0.39, 0.29) is 18.7 Å². The molecule has 0 aliphatic carbocycles. The van der Waals surface area contributed by atoms with Crippen molar-refractivity contribution in [1.29, 1.82) is 0 Å². The Morgan fingerprint density at radius 3 is 2.80 bits per heavy atom. The summed E-state index contributed by atoms with van der Waals surface area (Å²) in [4.78, 5) is 10.5. The maximum Gasteiger partial charge on any atom is 0.331 e. The molecule has 0 N–H and O–H groups in total. The van der Waals surface area contributed by atoms with Gasteiger partial charge in [-0.3, -0.25) is 0 Å². The Kier molecular flexibility index (Phi) is 4.58. The zero-order valence-corrected chi connectivity index (χ0v) is 6.29. The van der Waals surface area contributed by atoms with Gasteiger partial charge in [0.1, 0.15) is 6.61 Å². The van der Waals surface area contributed by atoms with E-state index in [9.17, 15) is 4.79 Å². The van der Waals surface area contributed by atoms with Gasteiger partial charge in [0.25, 0.3) is 0 Å². The Morgan fingerprint density at radius 2 is 2.40 bits per heavy atom. The lowest BCUT2D eigenvalue weighted by Crippen LogP contribution is -2.14. The van der Waals surface area contributed by atoms with Crippen molar-refractivity contribution < 1.29 is 14.3 Å². The molecule has 3 nitrogen and oxygen atoms in total. The van der Waals surface area contributed by atoms with Crippen molar-refractivity contribution in [3.63, 3.8) is 0 Å². The van der Waals surface area contributed by atoms with Gasteiger partial charge in [-0.1, -0.05) is 6.08 Å². The largest absolute Gasteiger partial charge is 0.467 e. The standard InChI is InChI=1S/C7H12O3/c1-4-6(2)10-5-7(8)9-3/h4,6H,1,5H2,2-3H3. The summed E-state index contributed by atoms with van der Waals surface area (Å²) in [5.74, 6) is -0.367. The van der Waals surface area contributed by atoms with E-state index in [0.717, 1.165) is 0 Å². The summed E-state index contributed by atoms with van der Waals surface area (Å²) in [7, 11) is 1.32. The summed E-state index contributed by atoms with van der Waals surface area (Å²) in [6.45, 7) is 5.28. The topological polar surface area (TPSA) is 35.5 Å². The van der Waals surface area contributed by atoms with E-state index in [4.69, 9.17) is 4.74 Å². The molecule has 10 heavy (non-hydrogen) atoms. The van der Waals surface area contributed by atoms with E-state index in [1.54, 1.807) is 13.0 Å². The Bertz CT molecular complexity index is 120. The molecule has 0 aromatic carbocycles. The van der Waals surface area contributed by atoms with Crippen LogP contribution in [-0.4, -0.2) is 25.8 Å². The Balaban J connectivity index is 3.34. The monoisotopic (exact) mass is 144 g/mol. The van der Waals surface area contributed by atoms with E-state index >= 15 is 0 Å². The zero-order valence-electron chi connectivity index (χ0n) is 6.29. The Morgan fingerprint density at radius 1 is 1.80 bits per heavy atom. The second kappa shape index (κ2) is 4.99. The van der Waals surface area contributed by atoms with Crippen LogP contribution in [0.15, 0.2) is 12.7 Å². The van der Waals surface area contributed by atoms with Crippen LogP contribution >= 0.6 is 0 Å². The molecule has 0 aromatic rings. The number of rotatable bonds is 4. The van der Waals surface area contributed by atoms with Gasteiger partial charge in [-0.25, -0.2) is 4.79 Å². The normalized spacial score (nSPS) is 12.2. The van der Waals surface area contributed by atoms with Crippen LogP contribution in [0.4, 0.5) is 0 Å². The van der Waals surface area contributed by atoms with Crippen LogP contribution < -0.4 is 0 Å². The van der Waals surface area contributed by atoms with Crippen molar-refractivity contribution in [2.75, 3.05) is 13.7 Å². The van der Waals surface area contributed by atoms with Crippen LogP contribution in [0.5, 0.6) is 0 Å². The van der Waals surface area contributed by atoms with Crippen LogP contribution in [0.1, 0.15) is 6.92 Å². The minimum atomic E-state index is -0.367. The van der Waals surface area contributed by atoms with Gasteiger partial charge in [0.05, 0.1) is 13.2 Å². The zero-order chi connectivity index (χ0) is 7.98. The van der Waals surface area contributed by atoms with Gasteiger partial charge in [0.15, 0.2) is 0 Å². The average molecular weight is 144 g/mol.